The van der Waals surface area contributed by atoms with Gasteiger partial charge in [0, 0.05) is 17.4 Å². The molecule has 17 heavy (non-hydrogen) atoms. The van der Waals surface area contributed by atoms with Gasteiger partial charge in [-0.2, -0.15) is 0 Å². The van der Waals surface area contributed by atoms with E-state index in [2.05, 4.69) is 20.7 Å². The Morgan fingerprint density at radius 3 is 2.94 bits per heavy atom. The van der Waals surface area contributed by atoms with Crippen molar-refractivity contribution in [3.05, 3.63) is 41.2 Å². The van der Waals surface area contributed by atoms with Crippen molar-refractivity contribution < 1.29 is 4.79 Å². The minimum absolute atomic E-state index is 0.344. The van der Waals surface area contributed by atoms with Gasteiger partial charge in [-0.1, -0.05) is 11.6 Å². The van der Waals surface area contributed by atoms with E-state index in [0.717, 1.165) is 0 Å². The van der Waals surface area contributed by atoms with Crippen LogP contribution in [0.5, 0.6) is 0 Å². The molecule has 0 aliphatic heterocycles. The number of nitrogen functional groups attached to an aromatic ring is 1. The van der Waals surface area contributed by atoms with Gasteiger partial charge >= 0.3 is 0 Å². The van der Waals surface area contributed by atoms with Crippen molar-refractivity contribution in [2.24, 2.45) is 5.84 Å². The van der Waals surface area contributed by atoms with Crippen LogP contribution in [-0.2, 0) is 0 Å². The Kier molecular flexibility index (Phi) is 3.27. The number of aromatic amines is 1. The number of carbonyl (C=O) groups is 1. The van der Waals surface area contributed by atoms with E-state index in [9.17, 15) is 4.79 Å². The number of aromatic nitrogens is 2. The van der Waals surface area contributed by atoms with E-state index in [-0.39, 0.29) is 5.91 Å². The van der Waals surface area contributed by atoms with Crippen molar-refractivity contribution in [1.29, 1.82) is 0 Å². The number of carbonyl (C=O) groups excluding carboxylic acids is 1. The number of rotatable bonds is 3. The SMILES string of the molecule is NNc1ccc(Cl)cc1C(=O)Nc1ncc[nH]1. The lowest BCUT2D eigenvalue weighted by Gasteiger charge is -2.08. The van der Waals surface area contributed by atoms with Crippen molar-refractivity contribution in [3.63, 3.8) is 0 Å². The fourth-order valence-corrected chi connectivity index (χ4v) is 1.51. The molecule has 0 bridgehead atoms. The fourth-order valence-electron chi connectivity index (χ4n) is 1.34. The third-order valence-corrected chi connectivity index (χ3v) is 2.35. The number of halogens is 1. The lowest BCUT2D eigenvalue weighted by molar-refractivity contribution is 0.102. The normalized spacial score (nSPS) is 10.0. The fraction of sp³-hybridized carbons (Fsp3) is 0. The second kappa shape index (κ2) is 4.86. The van der Waals surface area contributed by atoms with Crippen LogP contribution in [0.4, 0.5) is 11.6 Å². The van der Waals surface area contributed by atoms with Crippen LogP contribution in [0.15, 0.2) is 30.6 Å². The molecule has 2 aromatic rings. The molecule has 0 atom stereocenters. The van der Waals surface area contributed by atoms with Crippen LogP contribution in [0.25, 0.3) is 0 Å². The minimum Gasteiger partial charge on any atom is -0.331 e. The molecule has 0 aliphatic rings. The summed E-state index contributed by atoms with van der Waals surface area (Å²) < 4.78 is 0. The number of anilines is 2. The van der Waals surface area contributed by atoms with Gasteiger partial charge < -0.3 is 10.4 Å². The number of imidazole rings is 1. The first-order valence-electron chi connectivity index (χ1n) is 4.77. The maximum atomic E-state index is 11.9. The summed E-state index contributed by atoms with van der Waals surface area (Å²) in [5, 5.41) is 3.03. The second-order valence-electron chi connectivity index (χ2n) is 3.23. The summed E-state index contributed by atoms with van der Waals surface area (Å²) >= 11 is 5.83. The van der Waals surface area contributed by atoms with Gasteiger partial charge in [0.25, 0.3) is 5.91 Å². The minimum atomic E-state index is -0.351. The summed E-state index contributed by atoms with van der Waals surface area (Å²) in [6.45, 7) is 0. The quantitative estimate of drug-likeness (QED) is 0.492. The van der Waals surface area contributed by atoms with Crippen LogP contribution in [0, 0.1) is 0 Å². The van der Waals surface area contributed by atoms with E-state index in [4.69, 9.17) is 17.4 Å². The molecule has 5 N–H and O–H groups in total. The van der Waals surface area contributed by atoms with E-state index >= 15 is 0 Å². The lowest BCUT2D eigenvalue weighted by atomic mass is 10.1. The molecule has 0 spiro atoms. The number of H-pyrrole nitrogens is 1. The average Bonchev–Trinajstić information content (AvgIpc) is 2.81. The number of amides is 1. The number of nitrogens with zero attached hydrogens (tertiary/aromatic N) is 1. The molecule has 1 amide bonds. The standard InChI is InChI=1S/C10H10ClN5O/c11-6-1-2-8(16-12)7(5-6)9(17)15-10-13-3-4-14-10/h1-5,16H,12H2,(H2,13,14,15,17). The summed E-state index contributed by atoms with van der Waals surface area (Å²) in [7, 11) is 0. The Balaban J connectivity index is 2.26. The van der Waals surface area contributed by atoms with Gasteiger partial charge in [-0.05, 0) is 18.2 Å². The molecule has 7 heteroatoms. The Hall–Kier alpha value is -2.05. The zero-order valence-electron chi connectivity index (χ0n) is 8.70. The van der Waals surface area contributed by atoms with Crippen molar-refractivity contribution in [2.45, 2.75) is 0 Å². The molecule has 0 saturated carbocycles. The van der Waals surface area contributed by atoms with Gasteiger partial charge in [0.2, 0.25) is 5.95 Å². The van der Waals surface area contributed by atoms with Crippen LogP contribution in [0.2, 0.25) is 5.02 Å². The van der Waals surface area contributed by atoms with E-state index in [0.29, 0.717) is 22.2 Å². The highest BCUT2D eigenvalue weighted by Gasteiger charge is 2.12. The smallest absolute Gasteiger partial charge is 0.260 e. The maximum Gasteiger partial charge on any atom is 0.260 e. The van der Waals surface area contributed by atoms with Crippen molar-refractivity contribution >= 4 is 29.1 Å². The Labute approximate surface area is 102 Å². The Morgan fingerprint density at radius 1 is 1.47 bits per heavy atom. The third kappa shape index (κ3) is 2.55. The summed E-state index contributed by atoms with van der Waals surface area (Å²) in [5.41, 5.74) is 3.26. The van der Waals surface area contributed by atoms with E-state index in [1.165, 1.54) is 12.3 Å². The number of benzene rings is 1. The zero-order valence-corrected chi connectivity index (χ0v) is 9.45. The van der Waals surface area contributed by atoms with E-state index in [1.54, 1.807) is 18.3 Å². The Morgan fingerprint density at radius 2 is 2.29 bits per heavy atom. The van der Waals surface area contributed by atoms with Gasteiger partial charge in [0.05, 0.1) is 11.3 Å². The molecule has 0 saturated heterocycles. The van der Waals surface area contributed by atoms with E-state index < -0.39 is 0 Å². The highest BCUT2D eigenvalue weighted by molar-refractivity contribution is 6.31. The van der Waals surface area contributed by atoms with Gasteiger partial charge in [0.15, 0.2) is 0 Å². The monoisotopic (exact) mass is 251 g/mol. The highest BCUT2D eigenvalue weighted by Crippen LogP contribution is 2.20. The summed E-state index contributed by atoms with van der Waals surface area (Å²) in [6.07, 6.45) is 3.14. The van der Waals surface area contributed by atoms with Crippen LogP contribution in [0.3, 0.4) is 0 Å². The number of nitrogens with one attached hydrogen (secondary N) is 3. The van der Waals surface area contributed by atoms with Gasteiger partial charge in [-0.3, -0.25) is 16.0 Å². The zero-order chi connectivity index (χ0) is 12.3. The molecular formula is C10H10ClN5O. The predicted molar refractivity (Wildman–Crippen MR) is 65.8 cm³/mol. The third-order valence-electron chi connectivity index (χ3n) is 2.11. The summed E-state index contributed by atoms with van der Waals surface area (Å²) in [6, 6.07) is 4.79. The topological polar surface area (TPSA) is 95.8 Å². The van der Waals surface area contributed by atoms with Crippen molar-refractivity contribution in [2.75, 3.05) is 10.7 Å². The molecule has 1 heterocycles. The van der Waals surface area contributed by atoms with Gasteiger partial charge in [0.1, 0.15) is 0 Å². The van der Waals surface area contributed by atoms with Crippen LogP contribution >= 0.6 is 11.6 Å². The first-order valence-corrected chi connectivity index (χ1v) is 5.15. The molecule has 6 nitrogen and oxygen atoms in total. The largest absolute Gasteiger partial charge is 0.331 e. The molecule has 0 radical (unpaired) electrons. The molecule has 0 aliphatic carbocycles. The van der Waals surface area contributed by atoms with E-state index in [1.807, 2.05) is 0 Å². The lowest BCUT2D eigenvalue weighted by Crippen LogP contribution is -2.17. The maximum absolute atomic E-state index is 11.9. The molecular weight excluding hydrogens is 242 g/mol. The number of hydrazine groups is 1. The molecule has 0 unspecified atom stereocenters. The first-order chi connectivity index (χ1) is 8.20. The van der Waals surface area contributed by atoms with Crippen molar-refractivity contribution in [3.8, 4) is 0 Å². The highest BCUT2D eigenvalue weighted by atomic mass is 35.5. The molecule has 1 aromatic heterocycles. The summed E-state index contributed by atoms with van der Waals surface area (Å²) in [4.78, 5) is 18.6. The average molecular weight is 252 g/mol. The van der Waals surface area contributed by atoms with Gasteiger partial charge in [-0.25, -0.2) is 4.98 Å². The summed E-state index contributed by atoms with van der Waals surface area (Å²) in [5.74, 6) is 5.32. The Bertz CT molecular complexity index is 525. The number of nitrogens with two attached hydrogens (primary N) is 1. The molecule has 88 valence electrons. The number of hydrogen-bond acceptors (Lipinski definition) is 4. The predicted octanol–water partition coefficient (Wildman–Crippen LogP) is 1.60. The van der Waals surface area contributed by atoms with Crippen LogP contribution in [0.1, 0.15) is 10.4 Å². The molecule has 0 fully saturated rings. The number of hydrogen-bond donors (Lipinski definition) is 4. The van der Waals surface area contributed by atoms with Crippen LogP contribution in [-0.4, -0.2) is 15.9 Å². The van der Waals surface area contributed by atoms with Crippen LogP contribution < -0.4 is 16.6 Å². The first kappa shape index (κ1) is 11.4. The van der Waals surface area contributed by atoms with Gasteiger partial charge in [-0.15, -0.1) is 0 Å². The second-order valence-corrected chi connectivity index (χ2v) is 3.66. The molecule has 1 aromatic carbocycles. The molecule has 2 rings (SSSR count). The van der Waals surface area contributed by atoms with Crippen molar-refractivity contribution in [1.82, 2.24) is 9.97 Å².